The van der Waals surface area contributed by atoms with Crippen LogP contribution in [-0.4, -0.2) is 36.3 Å². The number of phenols is 1. The van der Waals surface area contributed by atoms with Crippen molar-refractivity contribution in [3.05, 3.63) is 76.0 Å². The van der Waals surface area contributed by atoms with E-state index in [1.807, 2.05) is 0 Å². The van der Waals surface area contributed by atoms with Gasteiger partial charge in [0.15, 0.2) is 0 Å². The Morgan fingerprint density at radius 3 is 2.39 bits per heavy atom. The molecule has 0 bridgehead atoms. The molecule has 0 saturated carbocycles. The number of halogens is 1. The Morgan fingerprint density at radius 2 is 1.74 bits per heavy atom. The standard InChI is InChI=1S/C22H21ClN2O6/c1-2-30-21(28)19-17(12-31-18(27)11-13-3-9-16(26)10-4-13)24-22(29)25-20(19)14-5-7-15(23)8-6-14/h3-10,20,26H,2,11-12H2,1H3,(H2,24,25,29). The van der Waals surface area contributed by atoms with Gasteiger partial charge < -0.3 is 25.2 Å². The number of carbonyl (C=O) groups excluding carboxylic acids is 3. The van der Waals surface area contributed by atoms with Crippen molar-refractivity contribution >= 4 is 29.6 Å². The highest BCUT2D eigenvalue weighted by Crippen LogP contribution is 2.29. The summed E-state index contributed by atoms with van der Waals surface area (Å²) >= 11 is 5.94. The summed E-state index contributed by atoms with van der Waals surface area (Å²) in [5.74, 6) is -1.11. The number of esters is 2. The van der Waals surface area contributed by atoms with Gasteiger partial charge in [-0.1, -0.05) is 35.9 Å². The van der Waals surface area contributed by atoms with Crippen LogP contribution in [0.3, 0.4) is 0 Å². The van der Waals surface area contributed by atoms with E-state index >= 15 is 0 Å². The van der Waals surface area contributed by atoms with Crippen LogP contribution in [0.1, 0.15) is 24.1 Å². The lowest BCUT2D eigenvalue weighted by Crippen LogP contribution is -2.47. The maximum atomic E-state index is 12.7. The molecular weight excluding hydrogens is 424 g/mol. The fraction of sp³-hybridized carbons (Fsp3) is 0.227. The van der Waals surface area contributed by atoms with Crippen LogP contribution in [0.2, 0.25) is 5.02 Å². The zero-order valence-electron chi connectivity index (χ0n) is 16.7. The van der Waals surface area contributed by atoms with E-state index in [9.17, 15) is 19.5 Å². The molecule has 2 aromatic rings. The number of rotatable bonds is 7. The van der Waals surface area contributed by atoms with E-state index in [4.69, 9.17) is 21.1 Å². The highest BCUT2D eigenvalue weighted by Gasteiger charge is 2.34. The van der Waals surface area contributed by atoms with Gasteiger partial charge in [0.1, 0.15) is 12.4 Å². The van der Waals surface area contributed by atoms with Crippen molar-refractivity contribution in [1.29, 1.82) is 0 Å². The van der Waals surface area contributed by atoms with Gasteiger partial charge in [0.25, 0.3) is 0 Å². The molecule has 31 heavy (non-hydrogen) atoms. The summed E-state index contributed by atoms with van der Waals surface area (Å²) in [4.78, 5) is 37.1. The summed E-state index contributed by atoms with van der Waals surface area (Å²) in [5, 5.41) is 15.1. The average Bonchev–Trinajstić information content (AvgIpc) is 2.74. The van der Waals surface area contributed by atoms with Gasteiger partial charge in [0.05, 0.1) is 30.3 Å². The molecule has 1 atom stereocenters. The Balaban J connectivity index is 1.83. The molecule has 0 saturated heterocycles. The minimum atomic E-state index is -0.795. The Morgan fingerprint density at radius 1 is 1.06 bits per heavy atom. The van der Waals surface area contributed by atoms with Crippen molar-refractivity contribution < 1.29 is 29.0 Å². The molecule has 1 aliphatic heterocycles. The maximum Gasteiger partial charge on any atom is 0.338 e. The third kappa shape index (κ3) is 5.76. The van der Waals surface area contributed by atoms with Crippen LogP contribution in [-0.2, 0) is 25.5 Å². The summed E-state index contributed by atoms with van der Waals surface area (Å²) in [7, 11) is 0. The average molecular weight is 445 g/mol. The van der Waals surface area contributed by atoms with Gasteiger partial charge in [-0.15, -0.1) is 0 Å². The molecule has 2 amide bonds. The molecule has 1 unspecified atom stereocenters. The minimum Gasteiger partial charge on any atom is -0.508 e. The number of amides is 2. The second-order valence-electron chi connectivity index (χ2n) is 6.70. The molecule has 0 aromatic heterocycles. The fourth-order valence-electron chi connectivity index (χ4n) is 3.07. The van der Waals surface area contributed by atoms with Crippen LogP contribution in [0.25, 0.3) is 0 Å². The SMILES string of the molecule is CCOC(=O)C1=C(COC(=O)Cc2ccc(O)cc2)NC(=O)NC1c1ccc(Cl)cc1. The number of aromatic hydroxyl groups is 1. The normalized spacial score (nSPS) is 15.7. The van der Waals surface area contributed by atoms with Crippen LogP contribution in [0.4, 0.5) is 4.79 Å². The number of hydrogen-bond acceptors (Lipinski definition) is 6. The number of hydrogen-bond donors (Lipinski definition) is 3. The Kier molecular flexibility index (Phi) is 7.15. The molecule has 0 aliphatic carbocycles. The van der Waals surface area contributed by atoms with Gasteiger partial charge in [-0.05, 0) is 42.3 Å². The van der Waals surface area contributed by atoms with Crippen LogP contribution in [0.5, 0.6) is 5.75 Å². The van der Waals surface area contributed by atoms with Gasteiger partial charge in [-0.3, -0.25) is 4.79 Å². The van der Waals surface area contributed by atoms with Crippen molar-refractivity contribution in [2.75, 3.05) is 13.2 Å². The maximum absolute atomic E-state index is 12.7. The van der Waals surface area contributed by atoms with Crippen molar-refractivity contribution in [3.8, 4) is 5.75 Å². The third-order valence-corrected chi connectivity index (χ3v) is 4.77. The van der Waals surface area contributed by atoms with Crippen molar-refractivity contribution in [2.24, 2.45) is 0 Å². The number of benzene rings is 2. The molecule has 0 spiro atoms. The van der Waals surface area contributed by atoms with E-state index in [0.717, 1.165) is 0 Å². The molecule has 1 heterocycles. The van der Waals surface area contributed by atoms with E-state index in [1.165, 1.54) is 12.1 Å². The van der Waals surface area contributed by atoms with Gasteiger partial charge in [-0.25, -0.2) is 9.59 Å². The van der Waals surface area contributed by atoms with Gasteiger partial charge >= 0.3 is 18.0 Å². The molecule has 162 valence electrons. The smallest absolute Gasteiger partial charge is 0.338 e. The lowest BCUT2D eigenvalue weighted by atomic mass is 9.95. The predicted molar refractivity (Wildman–Crippen MR) is 112 cm³/mol. The molecule has 2 aromatic carbocycles. The second-order valence-corrected chi connectivity index (χ2v) is 7.14. The van der Waals surface area contributed by atoms with Crippen LogP contribution >= 0.6 is 11.6 Å². The summed E-state index contributed by atoms with van der Waals surface area (Å²) in [6, 6.07) is 11.5. The van der Waals surface area contributed by atoms with Crippen LogP contribution in [0, 0.1) is 0 Å². The molecule has 0 fully saturated rings. The minimum absolute atomic E-state index is 0.0326. The van der Waals surface area contributed by atoms with Gasteiger partial charge in [-0.2, -0.15) is 0 Å². The number of carbonyl (C=O) groups is 3. The fourth-order valence-corrected chi connectivity index (χ4v) is 3.20. The van der Waals surface area contributed by atoms with Gasteiger partial charge in [0, 0.05) is 5.02 Å². The Hall–Kier alpha value is -3.52. The number of nitrogens with one attached hydrogen (secondary N) is 2. The highest BCUT2D eigenvalue weighted by molar-refractivity contribution is 6.30. The molecular formula is C22H21ClN2O6. The monoisotopic (exact) mass is 444 g/mol. The number of phenolic OH excluding ortho intramolecular Hbond substituents is 1. The summed E-state index contributed by atoms with van der Waals surface area (Å²) in [5.41, 5.74) is 1.55. The Labute approximate surface area is 183 Å². The summed E-state index contributed by atoms with van der Waals surface area (Å²) < 4.78 is 10.5. The quantitative estimate of drug-likeness (QED) is 0.566. The molecule has 8 nitrogen and oxygen atoms in total. The first-order valence-corrected chi connectivity index (χ1v) is 9.92. The van der Waals surface area contributed by atoms with Crippen LogP contribution in [0.15, 0.2) is 59.8 Å². The molecule has 3 N–H and O–H groups in total. The van der Waals surface area contributed by atoms with E-state index in [-0.39, 0.29) is 36.7 Å². The molecule has 3 rings (SSSR count). The summed E-state index contributed by atoms with van der Waals surface area (Å²) in [6.07, 6.45) is -0.0326. The lowest BCUT2D eigenvalue weighted by molar-refractivity contribution is -0.143. The predicted octanol–water partition coefficient (Wildman–Crippen LogP) is 3.00. The van der Waals surface area contributed by atoms with E-state index < -0.39 is 24.0 Å². The zero-order valence-corrected chi connectivity index (χ0v) is 17.4. The van der Waals surface area contributed by atoms with E-state index in [2.05, 4.69) is 10.6 Å². The van der Waals surface area contributed by atoms with Gasteiger partial charge in [0.2, 0.25) is 0 Å². The third-order valence-electron chi connectivity index (χ3n) is 4.51. The molecule has 0 radical (unpaired) electrons. The molecule has 9 heteroatoms. The summed E-state index contributed by atoms with van der Waals surface area (Å²) in [6.45, 7) is 1.49. The lowest BCUT2D eigenvalue weighted by Gasteiger charge is -2.29. The first-order valence-electron chi connectivity index (χ1n) is 9.54. The van der Waals surface area contributed by atoms with E-state index in [1.54, 1.807) is 43.3 Å². The molecule has 1 aliphatic rings. The topological polar surface area (TPSA) is 114 Å². The second kappa shape index (κ2) is 9.99. The number of ether oxygens (including phenoxy) is 2. The highest BCUT2D eigenvalue weighted by atomic mass is 35.5. The van der Waals surface area contributed by atoms with E-state index in [0.29, 0.717) is 16.1 Å². The Bertz CT molecular complexity index is 1000. The van der Waals surface area contributed by atoms with Crippen molar-refractivity contribution in [2.45, 2.75) is 19.4 Å². The van der Waals surface area contributed by atoms with Crippen LogP contribution < -0.4 is 10.6 Å². The zero-order chi connectivity index (χ0) is 22.4. The van der Waals surface area contributed by atoms with Crippen molar-refractivity contribution in [3.63, 3.8) is 0 Å². The largest absolute Gasteiger partial charge is 0.508 e. The number of urea groups is 1. The first-order chi connectivity index (χ1) is 14.9. The van der Waals surface area contributed by atoms with Crippen molar-refractivity contribution in [1.82, 2.24) is 10.6 Å². The first kappa shape index (κ1) is 22.2.